The number of hydrogen-bond acceptors (Lipinski definition) is 6. The van der Waals surface area contributed by atoms with Crippen LogP contribution in [0.5, 0.6) is 0 Å². The van der Waals surface area contributed by atoms with Crippen molar-refractivity contribution in [3.8, 4) is 0 Å². The van der Waals surface area contributed by atoms with E-state index in [0.717, 1.165) is 104 Å². The third kappa shape index (κ3) is 19.0. The lowest BCUT2D eigenvalue weighted by Crippen LogP contribution is -2.26. The number of methoxy groups -OCH3 is 1. The highest BCUT2D eigenvalue weighted by Crippen LogP contribution is 2.21. The second-order valence-corrected chi connectivity index (χ2v) is 8.03. The van der Waals surface area contributed by atoms with Crippen molar-refractivity contribution < 1.29 is 28.5 Å². The summed E-state index contributed by atoms with van der Waals surface area (Å²) in [6.45, 7) is 11.9. The third-order valence-corrected chi connectivity index (χ3v) is 4.89. The van der Waals surface area contributed by atoms with Crippen LogP contribution in [0.2, 0.25) is 0 Å². The highest BCUT2D eigenvalue weighted by Gasteiger charge is 2.26. The van der Waals surface area contributed by atoms with E-state index >= 15 is 0 Å². The van der Waals surface area contributed by atoms with Gasteiger partial charge in [-0.2, -0.15) is 0 Å². The van der Waals surface area contributed by atoms with Gasteiger partial charge in [0.1, 0.15) is 0 Å². The van der Waals surface area contributed by atoms with E-state index in [1.807, 2.05) is 20.8 Å². The van der Waals surface area contributed by atoms with Gasteiger partial charge in [0.25, 0.3) is 0 Å². The van der Waals surface area contributed by atoms with E-state index in [2.05, 4.69) is 0 Å². The van der Waals surface area contributed by atoms with E-state index < -0.39 is 0 Å². The van der Waals surface area contributed by atoms with Gasteiger partial charge in [-0.1, -0.05) is 6.92 Å². The van der Waals surface area contributed by atoms with Crippen LogP contribution in [0.25, 0.3) is 0 Å². The molecule has 0 rings (SSSR count). The zero-order chi connectivity index (χ0) is 21.6. The lowest BCUT2D eigenvalue weighted by Gasteiger charge is -2.20. The molecule has 0 amide bonds. The van der Waals surface area contributed by atoms with Gasteiger partial charge < -0.3 is 23.7 Å². The first-order chi connectivity index (χ1) is 14.0. The molecule has 0 aliphatic heterocycles. The molecule has 0 saturated heterocycles. The molecule has 0 saturated carbocycles. The standard InChI is InChI=1S/C23H46O6/c1-5-23(2,3)22(24)29-21-13-12-20-28-19-11-10-18-27-17-9-8-16-26-15-7-6-14-25-4/h5-21H2,1-4H3. The molecular formula is C23H46O6. The zero-order valence-corrected chi connectivity index (χ0v) is 19.5. The molecule has 29 heavy (non-hydrogen) atoms. The molecule has 0 aliphatic carbocycles. The SMILES string of the molecule is CCC(C)(C)C(=O)OCCCCOCCCCOCCCCOCCCCOC. The molecule has 0 heterocycles. The van der Waals surface area contributed by atoms with Crippen molar-refractivity contribution in [2.75, 3.05) is 60.0 Å². The molecule has 0 aromatic heterocycles. The topological polar surface area (TPSA) is 63.2 Å². The Morgan fingerprint density at radius 1 is 0.621 bits per heavy atom. The fourth-order valence-electron chi connectivity index (χ4n) is 2.38. The van der Waals surface area contributed by atoms with E-state index in [9.17, 15) is 4.79 Å². The number of esters is 1. The summed E-state index contributed by atoms with van der Waals surface area (Å²) >= 11 is 0. The molecule has 0 N–H and O–H groups in total. The summed E-state index contributed by atoms with van der Waals surface area (Å²) in [5, 5.41) is 0. The molecule has 0 atom stereocenters. The zero-order valence-electron chi connectivity index (χ0n) is 19.5. The van der Waals surface area contributed by atoms with E-state index in [-0.39, 0.29) is 11.4 Å². The van der Waals surface area contributed by atoms with Crippen LogP contribution in [-0.4, -0.2) is 65.9 Å². The average molecular weight is 419 g/mol. The van der Waals surface area contributed by atoms with Gasteiger partial charge in [-0.25, -0.2) is 0 Å². The Morgan fingerprint density at radius 2 is 0.966 bits per heavy atom. The molecule has 0 radical (unpaired) electrons. The Morgan fingerprint density at radius 3 is 1.31 bits per heavy atom. The minimum Gasteiger partial charge on any atom is -0.465 e. The van der Waals surface area contributed by atoms with Gasteiger partial charge >= 0.3 is 5.97 Å². The first kappa shape index (κ1) is 28.3. The summed E-state index contributed by atoms with van der Waals surface area (Å²) < 4.78 is 27.1. The summed E-state index contributed by atoms with van der Waals surface area (Å²) in [7, 11) is 1.73. The van der Waals surface area contributed by atoms with Crippen LogP contribution in [0, 0.1) is 5.41 Å². The Kier molecular flexibility index (Phi) is 20.1. The number of hydrogen-bond donors (Lipinski definition) is 0. The van der Waals surface area contributed by atoms with E-state index in [4.69, 9.17) is 23.7 Å². The fraction of sp³-hybridized carbons (Fsp3) is 0.957. The number of carbonyl (C=O) groups is 1. The predicted octanol–water partition coefficient (Wildman–Crippen LogP) is 4.78. The first-order valence-corrected chi connectivity index (χ1v) is 11.4. The molecule has 0 fully saturated rings. The van der Waals surface area contributed by atoms with Gasteiger partial charge in [0, 0.05) is 53.4 Å². The van der Waals surface area contributed by atoms with Crippen molar-refractivity contribution in [1.29, 1.82) is 0 Å². The molecular weight excluding hydrogens is 372 g/mol. The molecule has 174 valence electrons. The smallest absolute Gasteiger partial charge is 0.311 e. The van der Waals surface area contributed by atoms with Crippen LogP contribution in [0.4, 0.5) is 0 Å². The summed E-state index contributed by atoms with van der Waals surface area (Å²) in [6.07, 6.45) is 8.85. The Hall–Kier alpha value is -0.690. The van der Waals surface area contributed by atoms with Crippen molar-refractivity contribution in [2.45, 2.75) is 78.6 Å². The van der Waals surface area contributed by atoms with Crippen LogP contribution in [0.15, 0.2) is 0 Å². The van der Waals surface area contributed by atoms with E-state index in [0.29, 0.717) is 6.61 Å². The number of unbranched alkanes of at least 4 members (excludes halogenated alkanes) is 4. The second kappa shape index (κ2) is 20.6. The predicted molar refractivity (Wildman–Crippen MR) is 116 cm³/mol. The minimum atomic E-state index is -0.379. The quantitative estimate of drug-likeness (QED) is 0.186. The molecule has 6 nitrogen and oxygen atoms in total. The van der Waals surface area contributed by atoms with Crippen molar-refractivity contribution in [1.82, 2.24) is 0 Å². The van der Waals surface area contributed by atoms with Gasteiger partial charge in [0.2, 0.25) is 0 Å². The summed E-state index contributed by atoms with van der Waals surface area (Å²) in [6, 6.07) is 0. The lowest BCUT2D eigenvalue weighted by molar-refractivity contribution is -0.154. The van der Waals surface area contributed by atoms with Crippen molar-refractivity contribution >= 4 is 5.97 Å². The molecule has 6 heteroatoms. The maximum Gasteiger partial charge on any atom is 0.311 e. The first-order valence-electron chi connectivity index (χ1n) is 11.4. The highest BCUT2D eigenvalue weighted by atomic mass is 16.5. The fourth-order valence-corrected chi connectivity index (χ4v) is 2.38. The maximum atomic E-state index is 11.8. The molecule has 0 aliphatic rings. The van der Waals surface area contributed by atoms with Crippen molar-refractivity contribution in [3.05, 3.63) is 0 Å². The van der Waals surface area contributed by atoms with E-state index in [1.165, 1.54) is 0 Å². The van der Waals surface area contributed by atoms with E-state index in [1.54, 1.807) is 7.11 Å². The Balaban J connectivity index is 3.15. The van der Waals surface area contributed by atoms with Crippen LogP contribution in [-0.2, 0) is 28.5 Å². The van der Waals surface area contributed by atoms with Gasteiger partial charge in [0.05, 0.1) is 12.0 Å². The second-order valence-electron chi connectivity index (χ2n) is 8.03. The van der Waals surface area contributed by atoms with Crippen LogP contribution >= 0.6 is 0 Å². The Labute approximate surface area is 178 Å². The summed E-state index contributed by atoms with van der Waals surface area (Å²) in [5.41, 5.74) is -0.379. The van der Waals surface area contributed by atoms with Crippen molar-refractivity contribution in [3.63, 3.8) is 0 Å². The summed E-state index contributed by atoms with van der Waals surface area (Å²) in [5.74, 6) is -0.105. The average Bonchev–Trinajstić information content (AvgIpc) is 2.72. The number of ether oxygens (including phenoxy) is 5. The van der Waals surface area contributed by atoms with Crippen LogP contribution < -0.4 is 0 Å². The molecule has 0 aromatic rings. The maximum absolute atomic E-state index is 11.8. The normalized spacial score (nSPS) is 11.7. The number of carbonyl (C=O) groups excluding carboxylic acids is 1. The molecule has 0 bridgehead atoms. The molecule has 0 unspecified atom stereocenters. The van der Waals surface area contributed by atoms with Gasteiger partial charge in [-0.15, -0.1) is 0 Å². The van der Waals surface area contributed by atoms with Gasteiger partial charge in [-0.05, 0) is 71.6 Å². The van der Waals surface area contributed by atoms with Gasteiger partial charge in [0.15, 0.2) is 0 Å². The lowest BCUT2D eigenvalue weighted by atomic mass is 9.91. The highest BCUT2D eigenvalue weighted by molar-refractivity contribution is 5.75. The van der Waals surface area contributed by atoms with Gasteiger partial charge in [-0.3, -0.25) is 4.79 Å². The third-order valence-electron chi connectivity index (χ3n) is 4.89. The largest absolute Gasteiger partial charge is 0.465 e. The molecule has 0 aromatic carbocycles. The Bertz CT molecular complexity index is 359. The van der Waals surface area contributed by atoms with Crippen LogP contribution in [0.3, 0.4) is 0 Å². The molecule has 0 spiro atoms. The monoisotopic (exact) mass is 418 g/mol. The van der Waals surface area contributed by atoms with Crippen LogP contribution in [0.1, 0.15) is 78.6 Å². The summed E-state index contributed by atoms with van der Waals surface area (Å²) in [4.78, 5) is 11.8. The van der Waals surface area contributed by atoms with Crippen molar-refractivity contribution in [2.24, 2.45) is 5.41 Å². The minimum absolute atomic E-state index is 0.105. The number of rotatable bonds is 22.